The number of hydrogen-bond donors (Lipinski definition) is 1. The molecule has 2 fully saturated rings. The molecule has 2 saturated carbocycles. The van der Waals surface area contributed by atoms with Gasteiger partial charge in [-0.3, -0.25) is 0 Å². The lowest BCUT2D eigenvalue weighted by Crippen LogP contribution is -2.43. The van der Waals surface area contributed by atoms with E-state index in [0.29, 0.717) is 5.41 Å². The number of rotatable bonds is 4. The first-order valence-electron chi connectivity index (χ1n) is 6.88. The minimum absolute atomic E-state index is 0.628. The van der Waals surface area contributed by atoms with Gasteiger partial charge in [0.05, 0.1) is 0 Å². The standard InChI is InChI=1S/C14H27N/c1-11(13-7-5-4-6-8-13)15-12(2)14(3)9-10-14/h11-13,15H,4-10H2,1-3H3/t11-,12?/m1/s1. The van der Waals surface area contributed by atoms with Crippen LogP contribution >= 0.6 is 0 Å². The molecule has 1 nitrogen and oxygen atoms in total. The second-order valence-electron chi connectivity index (χ2n) is 6.23. The van der Waals surface area contributed by atoms with E-state index in [1.165, 1.54) is 44.9 Å². The average molecular weight is 209 g/mol. The molecule has 2 aliphatic carbocycles. The van der Waals surface area contributed by atoms with E-state index in [9.17, 15) is 0 Å². The molecule has 88 valence electrons. The van der Waals surface area contributed by atoms with Gasteiger partial charge < -0.3 is 5.32 Å². The summed E-state index contributed by atoms with van der Waals surface area (Å²) in [5, 5.41) is 3.85. The lowest BCUT2D eigenvalue weighted by molar-refractivity contribution is 0.242. The van der Waals surface area contributed by atoms with Crippen molar-refractivity contribution >= 4 is 0 Å². The molecule has 0 aromatic rings. The fourth-order valence-corrected chi connectivity index (χ4v) is 3.00. The zero-order valence-corrected chi connectivity index (χ0v) is 10.7. The molecule has 0 aromatic heterocycles. The molecule has 0 saturated heterocycles. The Bertz CT molecular complexity index is 201. The van der Waals surface area contributed by atoms with Crippen molar-refractivity contribution in [3.8, 4) is 0 Å². The van der Waals surface area contributed by atoms with E-state index >= 15 is 0 Å². The molecule has 0 heterocycles. The minimum atomic E-state index is 0.628. The molecular formula is C14H27N. The largest absolute Gasteiger partial charge is 0.311 e. The highest BCUT2D eigenvalue weighted by Gasteiger charge is 2.43. The SMILES string of the molecule is CC(N[C@H](C)C1CCCCC1)C1(C)CC1. The molecule has 0 spiro atoms. The van der Waals surface area contributed by atoms with Gasteiger partial charge in [0.15, 0.2) is 0 Å². The highest BCUT2D eigenvalue weighted by Crippen LogP contribution is 2.48. The summed E-state index contributed by atoms with van der Waals surface area (Å²) in [7, 11) is 0. The first-order valence-corrected chi connectivity index (χ1v) is 6.88. The number of hydrogen-bond acceptors (Lipinski definition) is 1. The zero-order valence-electron chi connectivity index (χ0n) is 10.7. The molecule has 2 aliphatic rings. The van der Waals surface area contributed by atoms with Crippen LogP contribution in [0.1, 0.15) is 65.7 Å². The van der Waals surface area contributed by atoms with E-state index in [1.54, 1.807) is 0 Å². The number of nitrogens with one attached hydrogen (secondary N) is 1. The Kier molecular flexibility index (Phi) is 3.39. The summed E-state index contributed by atoms with van der Waals surface area (Å²) < 4.78 is 0. The van der Waals surface area contributed by atoms with Crippen LogP contribution in [0.3, 0.4) is 0 Å². The van der Waals surface area contributed by atoms with Crippen molar-refractivity contribution in [1.82, 2.24) is 5.32 Å². The molecule has 0 amide bonds. The molecule has 15 heavy (non-hydrogen) atoms. The smallest absolute Gasteiger partial charge is 0.00951 e. The Morgan fingerprint density at radius 1 is 1.07 bits per heavy atom. The van der Waals surface area contributed by atoms with Crippen LogP contribution in [-0.4, -0.2) is 12.1 Å². The fraction of sp³-hybridized carbons (Fsp3) is 1.00. The van der Waals surface area contributed by atoms with Crippen molar-refractivity contribution in [2.45, 2.75) is 77.8 Å². The van der Waals surface area contributed by atoms with Crippen LogP contribution in [0.5, 0.6) is 0 Å². The first-order chi connectivity index (χ1) is 7.12. The van der Waals surface area contributed by atoms with Gasteiger partial charge in [-0.25, -0.2) is 0 Å². The molecule has 0 aromatic carbocycles. The van der Waals surface area contributed by atoms with E-state index in [0.717, 1.165) is 18.0 Å². The summed E-state index contributed by atoms with van der Waals surface area (Å²) in [5.74, 6) is 0.948. The molecule has 1 heteroatoms. The van der Waals surface area contributed by atoms with Gasteiger partial charge in [-0.2, -0.15) is 0 Å². The summed E-state index contributed by atoms with van der Waals surface area (Å²) in [6.45, 7) is 7.21. The molecule has 1 N–H and O–H groups in total. The molecule has 2 atom stereocenters. The molecular weight excluding hydrogens is 182 g/mol. The Labute approximate surface area is 95.0 Å². The van der Waals surface area contributed by atoms with Crippen LogP contribution in [-0.2, 0) is 0 Å². The van der Waals surface area contributed by atoms with Crippen molar-refractivity contribution in [3.05, 3.63) is 0 Å². The third-order valence-electron chi connectivity index (χ3n) is 4.95. The van der Waals surface area contributed by atoms with Crippen LogP contribution < -0.4 is 5.32 Å². The van der Waals surface area contributed by atoms with Crippen molar-refractivity contribution in [3.63, 3.8) is 0 Å². The Morgan fingerprint density at radius 2 is 1.67 bits per heavy atom. The Balaban J connectivity index is 1.77. The molecule has 1 unspecified atom stereocenters. The summed E-state index contributed by atoms with van der Waals surface area (Å²) in [4.78, 5) is 0. The van der Waals surface area contributed by atoms with E-state index in [-0.39, 0.29) is 0 Å². The van der Waals surface area contributed by atoms with E-state index < -0.39 is 0 Å². The lowest BCUT2D eigenvalue weighted by atomic mass is 9.84. The van der Waals surface area contributed by atoms with Gasteiger partial charge in [0, 0.05) is 12.1 Å². The van der Waals surface area contributed by atoms with Gasteiger partial charge in [0.2, 0.25) is 0 Å². The van der Waals surface area contributed by atoms with Crippen molar-refractivity contribution in [2.24, 2.45) is 11.3 Å². The summed E-state index contributed by atoms with van der Waals surface area (Å²) >= 11 is 0. The quantitative estimate of drug-likeness (QED) is 0.744. The molecule has 2 rings (SSSR count). The van der Waals surface area contributed by atoms with Gasteiger partial charge in [-0.05, 0) is 50.9 Å². The third-order valence-corrected chi connectivity index (χ3v) is 4.95. The van der Waals surface area contributed by atoms with Crippen LogP contribution in [0.25, 0.3) is 0 Å². The summed E-state index contributed by atoms with van der Waals surface area (Å²) in [6, 6.07) is 1.45. The van der Waals surface area contributed by atoms with Crippen LogP contribution in [0.2, 0.25) is 0 Å². The maximum absolute atomic E-state index is 3.85. The van der Waals surface area contributed by atoms with Gasteiger partial charge in [0.25, 0.3) is 0 Å². The monoisotopic (exact) mass is 209 g/mol. The van der Waals surface area contributed by atoms with E-state index in [1.807, 2.05) is 0 Å². The van der Waals surface area contributed by atoms with Crippen LogP contribution in [0.4, 0.5) is 0 Å². The van der Waals surface area contributed by atoms with Crippen molar-refractivity contribution < 1.29 is 0 Å². The van der Waals surface area contributed by atoms with E-state index in [4.69, 9.17) is 0 Å². The lowest BCUT2D eigenvalue weighted by Gasteiger charge is -2.32. The predicted octanol–water partition coefficient (Wildman–Crippen LogP) is 3.73. The van der Waals surface area contributed by atoms with Crippen molar-refractivity contribution in [2.75, 3.05) is 0 Å². The second-order valence-corrected chi connectivity index (χ2v) is 6.23. The van der Waals surface area contributed by atoms with Gasteiger partial charge >= 0.3 is 0 Å². The maximum Gasteiger partial charge on any atom is 0.00951 e. The fourth-order valence-electron chi connectivity index (χ4n) is 3.00. The average Bonchev–Trinajstić information content (AvgIpc) is 2.99. The predicted molar refractivity (Wildman–Crippen MR) is 66.0 cm³/mol. The normalized spacial score (nSPS) is 29.8. The molecule has 0 bridgehead atoms. The third kappa shape index (κ3) is 2.75. The van der Waals surface area contributed by atoms with Gasteiger partial charge in [-0.15, -0.1) is 0 Å². The second kappa shape index (κ2) is 4.45. The molecule has 0 radical (unpaired) electrons. The minimum Gasteiger partial charge on any atom is -0.311 e. The first kappa shape index (κ1) is 11.4. The topological polar surface area (TPSA) is 12.0 Å². The zero-order chi connectivity index (χ0) is 10.9. The maximum atomic E-state index is 3.85. The summed E-state index contributed by atoms with van der Waals surface area (Å²) in [6.07, 6.45) is 10.2. The van der Waals surface area contributed by atoms with Crippen LogP contribution in [0, 0.1) is 11.3 Å². The van der Waals surface area contributed by atoms with Crippen LogP contribution in [0.15, 0.2) is 0 Å². The Hall–Kier alpha value is -0.0400. The molecule has 0 aliphatic heterocycles. The summed E-state index contributed by atoms with van der Waals surface area (Å²) in [5.41, 5.74) is 0.628. The van der Waals surface area contributed by atoms with E-state index in [2.05, 4.69) is 26.1 Å². The Morgan fingerprint density at radius 3 is 2.20 bits per heavy atom. The van der Waals surface area contributed by atoms with Gasteiger partial charge in [0.1, 0.15) is 0 Å². The van der Waals surface area contributed by atoms with Gasteiger partial charge in [-0.1, -0.05) is 26.2 Å². The highest BCUT2D eigenvalue weighted by molar-refractivity contribution is 4.97. The highest BCUT2D eigenvalue weighted by atomic mass is 15.0. The van der Waals surface area contributed by atoms with Crippen molar-refractivity contribution in [1.29, 1.82) is 0 Å².